The van der Waals surface area contributed by atoms with E-state index in [4.69, 9.17) is 20.1 Å². The third-order valence-corrected chi connectivity index (χ3v) is 3.42. The number of hydrogen-bond acceptors (Lipinski definition) is 5. The highest BCUT2D eigenvalue weighted by atomic mass is 16.5. The molecule has 0 aliphatic carbocycles. The van der Waals surface area contributed by atoms with Gasteiger partial charge in [-0.1, -0.05) is 25.7 Å². The quantitative estimate of drug-likeness (QED) is 0.283. The first-order valence-corrected chi connectivity index (χ1v) is 9.50. The van der Waals surface area contributed by atoms with Crippen LogP contribution in [0.25, 0.3) is 0 Å². The standard InChI is InChI=1S/C10H18O4.C9H16O4/c11-9(12)7-5-3-1-2-4-6-8-10(13)14;1-7(2)13-9(12)6-4-3-5-8(10)11/h1-8H2,(H,11,12)(H,13,14);7H,3-6H2,1-2H3,(H,10,11). The molecule has 0 aliphatic heterocycles. The van der Waals surface area contributed by atoms with Crippen molar-refractivity contribution in [3.63, 3.8) is 0 Å². The zero-order valence-corrected chi connectivity index (χ0v) is 16.4. The summed E-state index contributed by atoms with van der Waals surface area (Å²) in [4.78, 5) is 41.3. The lowest BCUT2D eigenvalue weighted by Gasteiger charge is -2.06. The zero-order chi connectivity index (χ0) is 21.1. The van der Waals surface area contributed by atoms with Crippen LogP contribution in [0.15, 0.2) is 0 Å². The van der Waals surface area contributed by atoms with Crippen molar-refractivity contribution >= 4 is 23.9 Å². The Kier molecular flexibility index (Phi) is 18.7. The van der Waals surface area contributed by atoms with Crippen LogP contribution in [0.5, 0.6) is 0 Å². The summed E-state index contributed by atoms with van der Waals surface area (Å²) in [7, 11) is 0. The van der Waals surface area contributed by atoms with Crippen molar-refractivity contribution in [1.82, 2.24) is 0 Å². The molecule has 8 nitrogen and oxygen atoms in total. The Morgan fingerprint density at radius 1 is 0.593 bits per heavy atom. The number of unbranched alkanes of at least 4 members (excludes halogenated alkanes) is 6. The molecule has 0 fully saturated rings. The third kappa shape index (κ3) is 28.9. The van der Waals surface area contributed by atoms with E-state index in [1.54, 1.807) is 13.8 Å². The Morgan fingerprint density at radius 2 is 0.889 bits per heavy atom. The number of aliphatic carboxylic acids is 3. The van der Waals surface area contributed by atoms with Crippen LogP contribution in [0, 0.1) is 0 Å². The number of carbonyl (C=O) groups is 4. The molecule has 0 heterocycles. The molecule has 0 unspecified atom stereocenters. The SMILES string of the molecule is CC(C)OC(=O)CCCCC(=O)O.O=C(O)CCCCCCCCC(=O)O. The van der Waals surface area contributed by atoms with Gasteiger partial charge in [-0.3, -0.25) is 19.2 Å². The van der Waals surface area contributed by atoms with E-state index in [-0.39, 0.29) is 31.3 Å². The molecule has 0 atom stereocenters. The number of rotatable bonds is 15. The van der Waals surface area contributed by atoms with Crippen LogP contribution in [0.1, 0.15) is 90.9 Å². The highest BCUT2D eigenvalue weighted by molar-refractivity contribution is 5.70. The molecule has 0 aromatic carbocycles. The summed E-state index contributed by atoms with van der Waals surface area (Å²) in [6.07, 6.45) is 7.28. The van der Waals surface area contributed by atoms with Crippen molar-refractivity contribution < 1.29 is 39.2 Å². The van der Waals surface area contributed by atoms with Crippen molar-refractivity contribution in [2.45, 2.75) is 97.0 Å². The minimum Gasteiger partial charge on any atom is -0.481 e. The Morgan fingerprint density at radius 3 is 1.22 bits per heavy atom. The smallest absolute Gasteiger partial charge is 0.306 e. The maximum Gasteiger partial charge on any atom is 0.306 e. The van der Waals surface area contributed by atoms with E-state index in [1.165, 1.54) is 0 Å². The van der Waals surface area contributed by atoms with Gasteiger partial charge in [0.15, 0.2) is 0 Å². The minimum absolute atomic E-state index is 0.0908. The summed E-state index contributed by atoms with van der Waals surface area (Å²) in [6, 6.07) is 0. The topological polar surface area (TPSA) is 138 Å². The molecular weight excluding hydrogens is 356 g/mol. The number of ether oxygens (including phenoxy) is 1. The lowest BCUT2D eigenvalue weighted by molar-refractivity contribution is -0.148. The third-order valence-electron chi connectivity index (χ3n) is 3.42. The molecule has 0 rings (SSSR count). The van der Waals surface area contributed by atoms with Crippen molar-refractivity contribution in [2.75, 3.05) is 0 Å². The predicted molar refractivity (Wildman–Crippen MR) is 99.5 cm³/mol. The zero-order valence-electron chi connectivity index (χ0n) is 16.4. The fourth-order valence-electron chi connectivity index (χ4n) is 2.13. The normalized spacial score (nSPS) is 10.0. The summed E-state index contributed by atoms with van der Waals surface area (Å²) in [5.74, 6) is -2.55. The highest BCUT2D eigenvalue weighted by Crippen LogP contribution is 2.08. The van der Waals surface area contributed by atoms with Crippen LogP contribution < -0.4 is 0 Å². The number of carboxylic acids is 3. The first-order chi connectivity index (χ1) is 12.6. The molecule has 0 aromatic heterocycles. The van der Waals surface area contributed by atoms with Crippen LogP contribution in [0.4, 0.5) is 0 Å². The molecular formula is C19H34O8. The van der Waals surface area contributed by atoms with Gasteiger partial charge in [0.2, 0.25) is 0 Å². The van der Waals surface area contributed by atoms with Gasteiger partial charge in [-0.05, 0) is 39.5 Å². The molecule has 0 bridgehead atoms. The Balaban J connectivity index is 0. The number of carbonyl (C=O) groups excluding carboxylic acids is 1. The minimum atomic E-state index is -0.822. The first-order valence-electron chi connectivity index (χ1n) is 9.50. The van der Waals surface area contributed by atoms with Crippen LogP contribution in [-0.2, 0) is 23.9 Å². The van der Waals surface area contributed by atoms with Crippen LogP contribution in [-0.4, -0.2) is 45.3 Å². The molecule has 0 spiro atoms. The van der Waals surface area contributed by atoms with E-state index in [1.807, 2.05) is 0 Å². The molecule has 27 heavy (non-hydrogen) atoms. The van der Waals surface area contributed by atoms with Gasteiger partial charge in [0.1, 0.15) is 0 Å². The molecule has 0 amide bonds. The lowest BCUT2D eigenvalue weighted by Crippen LogP contribution is -2.11. The summed E-state index contributed by atoms with van der Waals surface area (Å²) >= 11 is 0. The molecule has 0 aromatic rings. The molecule has 3 N–H and O–H groups in total. The number of carboxylic acid groups (broad SMARTS) is 3. The molecule has 158 valence electrons. The molecule has 8 heteroatoms. The average Bonchev–Trinajstić information content (AvgIpc) is 2.53. The second kappa shape index (κ2) is 18.7. The van der Waals surface area contributed by atoms with E-state index in [0.29, 0.717) is 19.3 Å². The Hall–Kier alpha value is -2.12. The van der Waals surface area contributed by atoms with Gasteiger partial charge in [-0.25, -0.2) is 0 Å². The van der Waals surface area contributed by atoms with Crippen molar-refractivity contribution in [1.29, 1.82) is 0 Å². The van der Waals surface area contributed by atoms with E-state index in [2.05, 4.69) is 0 Å². The summed E-state index contributed by atoms with van der Waals surface area (Å²) in [6.45, 7) is 3.57. The fourth-order valence-corrected chi connectivity index (χ4v) is 2.13. The van der Waals surface area contributed by atoms with Gasteiger partial charge in [-0.15, -0.1) is 0 Å². The first kappa shape index (κ1) is 27.1. The molecule has 0 radical (unpaired) electrons. The van der Waals surface area contributed by atoms with Crippen LogP contribution in [0.2, 0.25) is 0 Å². The van der Waals surface area contributed by atoms with Crippen molar-refractivity contribution in [3.8, 4) is 0 Å². The predicted octanol–water partition coefficient (Wildman–Crippen LogP) is 3.86. The van der Waals surface area contributed by atoms with Gasteiger partial charge in [0.05, 0.1) is 6.10 Å². The molecule has 0 aliphatic rings. The second-order valence-electron chi connectivity index (χ2n) is 6.55. The van der Waals surface area contributed by atoms with E-state index < -0.39 is 17.9 Å². The summed E-state index contributed by atoms with van der Waals surface area (Å²) in [5.41, 5.74) is 0. The van der Waals surface area contributed by atoms with Crippen LogP contribution >= 0.6 is 0 Å². The fraction of sp³-hybridized carbons (Fsp3) is 0.789. The van der Waals surface area contributed by atoms with E-state index >= 15 is 0 Å². The maximum absolute atomic E-state index is 10.9. The molecule has 0 saturated heterocycles. The lowest BCUT2D eigenvalue weighted by atomic mass is 10.1. The van der Waals surface area contributed by atoms with Gasteiger partial charge in [0, 0.05) is 25.7 Å². The Bertz CT molecular complexity index is 411. The van der Waals surface area contributed by atoms with Crippen molar-refractivity contribution in [3.05, 3.63) is 0 Å². The van der Waals surface area contributed by atoms with Crippen LogP contribution in [0.3, 0.4) is 0 Å². The van der Waals surface area contributed by atoms with Gasteiger partial charge >= 0.3 is 23.9 Å². The number of hydrogen-bond donors (Lipinski definition) is 3. The average molecular weight is 390 g/mol. The van der Waals surface area contributed by atoms with Gasteiger partial charge in [0.25, 0.3) is 0 Å². The summed E-state index contributed by atoms with van der Waals surface area (Å²) in [5, 5.41) is 25.0. The maximum atomic E-state index is 10.9. The van der Waals surface area contributed by atoms with Gasteiger partial charge < -0.3 is 20.1 Å². The monoisotopic (exact) mass is 390 g/mol. The highest BCUT2D eigenvalue weighted by Gasteiger charge is 2.05. The largest absolute Gasteiger partial charge is 0.481 e. The van der Waals surface area contributed by atoms with Gasteiger partial charge in [-0.2, -0.15) is 0 Å². The molecule has 0 saturated carbocycles. The van der Waals surface area contributed by atoms with E-state index in [9.17, 15) is 19.2 Å². The Labute approximate surface area is 160 Å². The van der Waals surface area contributed by atoms with E-state index in [0.717, 1.165) is 38.5 Å². The summed E-state index contributed by atoms with van der Waals surface area (Å²) < 4.78 is 4.87. The number of esters is 1. The van der Waals surface area contributed by atoms with Crippen molar-refractivity contribution in [2.24, 2.45) is 0 Å². The second-order valence-corrected chi connectivity index (χ2v) is 6.55.